The number of anilines is 1. The van der Waals surface area contributed by atoms with Crippen LogP contribution in [0.4, 0.5) is 5.95 Å². The fourth-order valence-electron chi connectivity index (χ4n) is 2.66. The van der Waals surface area contributed by atoms with Crippen molar-refractivity contribution in [1.82, 2.24) is 9.55 Å². The minimum atomic E-state index is 0.399. The highest BCUT2D eigenvalue weighted by molar-refractivity contribution is 5.81. The first-order valence-corrected chi connectivity index (χ1v) is 6.93. The molecule has 1 heterocycles. The Labute approximate surface area is 119 Å². The molecule has 0 aliphatic carbocycles. The van der Waals surface area contributed by atoms with Gasteiger partial charge in [-0.2, -0.15) is 0 Å². The average molecular weight is 265 g/mol. The number of nitrogens with two attached hydrogens (primary N) is 1. The molecule has 1 aromatic heterocycles. The monoisotopic (exact) mass is 265 g/mol. The normalized spacial score (nSPS) is 12.7. The molecule has 20 heavy (non-hydrogen) atoms. The molecule has 0 saturated heterocycles. The molecule has 3 heteroatoms. The van der Waals surface area contributed by atoms with Gasteiger partial charge in [0.05, 0.1) is 11.0 Å². The summed E-state index contributed by atoms with van der Waals surface area (Å²) < 4.78 is 2.11. The van der Waals surface area contributed by atoms with Crippen LogP contribution in [0.3, 0.4) is 0 Å². The van der Waals surface area contributed by atoms with Gasteiger partial charge in [-0.15, -0.1) is 0 Å². The Morgan fingerprint density at radius 3 is 2.60 bits per heavy atom. The van der Waals surface area contributed by atoms with Crippen molar-refractivity contribution in [2.24, 2.45) is 0 Å². The Hall–Kier alpha value is -2.29. The lowest BCUT2D eigenvalue weighted by Gasteiger charge is -2.14. The molecular formula is C17H19N3. The van der Waals surface area contributed by atoms with Crippen LogP contribution in [-0.4, -0.2) is 9.55 Å². The fraction of sp³-hybridized carbons (Fsp3) is 0.235. The number of rotatable bonds is 3. The number of fused-ring (bicyclic) bond motifs is 1. The molecule has 0 fully saturated rings. The molecular weight excluding hydrogens is 246 g/mol. The van der Waals surface area contributed by atoms with Gasteiger partial charge in [-0.05, 0) is 30.0 Å². The van der Waals surface area contributed by atoms with Crippen molar-refractivity contribution >= 4 is 17.0 Å². The van der Waals surface area contributed by atoms with Gasteiger partial charge >= 0.3 is 0 Å². The summed E-state index contributed by atoms with van der Waals surface area (Å²) in [5.74, 6) is 0.994. The van der Waals surface area contributed by atoms with E-state index >= 15 is 0 Å². The van der Waals surface area contributed by atoms with E-state index < -0.39 is 0 Å². The molecule has 0 radical (unpaired) electrons. The second-order valence-electron chi connectivity index (χ2n) is 5.33. The van der Waals surface area contributed by atoms with E-state index in [2.05, 4.69) is 65.9 Å². The van der Waals surface area contributed by atoms with Crippen molar-refractivity contribution in [2.75, 3.05) is 5.73 Å². The Bertz CT molecular complexity index is 729. The number of imidazole rings is 1. The van der Waals surface area contributed by atoms with Crippen LogP contribution in [0, 0.1) is 6.92 Å². The van der Waals surface area contributed by atoms with E-state index in [0.717, 1.165) is 17.6 Å². The molecule has 1 unspecified atom stereocenters. The van der Waals surface area contributed by atoms with Crippen LogP contribution in [0.5, 0.6) is 0 Å². The van der Waals surface area contributed by atoms with Gasteiger partial charge < -0.3 is 10.3 Å². The SMILES string of the molecule is Cc1cccc2c1nc(N)n2CC(C)c1ccccc1. The van der Waals surface area contributed by atoms with Crippen molar-refractivity contribution in [3.63, 3.8) is 0 Å². The van der Waals surface area contributed by atoms with Crippen molar-refractivity contribution in [2.45, 2.75) is 26.3 Å². The molecule has 3 aromatic rings. The van der Waals surface area contributed by atoms with Crippen LogP contribution in [0.1, 0.15) is 24.0 Å². The van der Waals surface area contributed by atoms with Gasteiger partial charge in [0.25, 0.3) is 0 Å². The van der Waals surface area contributed by atoms with Gasteiger partial charge in [0.15, 0.2) is 0 Å². The molecule has 3 nitrogen and oxygen atoms in total. The molecule has 0 saturated carbocycles. The van der Waals surface area contributed by atoms with Crippen LogP contribution in [0.2, 0.25) is 0 Å². The van der Waals surface area contributed by atoms with Gasteiger partial charge in [0, 0.05) is 6.54 Å². The summed E-state index contributed by atoms with van der Waals surface area (Å²) in [5, 5.41) is 0. The van der Waals surface area contributed by atoms with Crippen LogP contribution in [0.15, 0.2) is 48.5 Å². The maximum Gasteiger partial charge on any atom is 0.201 e. The summed E-state index contributed by atoms with van der Waals surface area (Å²) in [6.45, 7) is 5.13. The smallest absolute Gasteiger partial charge is 0.201 e. The third kappa shape index (κ3) is 2.16. The number of nitrogen functional groups attached to an aromatic ring is 1. The van der Waals surface area contributed by atoms with Gasteiger partial charge in [-0.25, -0.2) is 4.98 Å². The largest absolute Gasteiger partial charge is 0.369 e. The van der Waals surface area contributed by atoms with Crippen molar-refractivity contribution in [3.05, 3.63) is 59.7 Å². The summed E-state index contributed by atoms with van der Waals surface area (Å²) in [6.07, 6.45) is 0. The molecule has 0 amide bonds. The number of aromatic nitrogens is 2. The minimum absolute atomic E-state index is 0.399. The second-order valence-corrected chi connectivity index (χ2v) is 5.33. The third-order valence-electron chi connectivity index (χ3n) is 3.84. The number of aryl methyl sites for hydroxylation is 1. The third-order valence-corrected chi connectivity index (χ3v) is 3.84. The van der Waals surface area contributed by atoms with E-state index in [0.29, 0.717) is 11.9 Å². The average Bonchev–Trinajstić information content (AvgIpc) is 2.78. The van der Waals surface area contributed by atoms with Crippen LogP contribution < -0.4 is 5.73 Å². The highest BCUT2D eigenvalue weighted by atomic mass is 15.2. The molecule has 102 valence electrons. The van der Waals surface area contributed by atoms with E-state index in [9.17, 15) is 0 Å². The summed E-state index contributed by atoms with van der Waals surface area (Å²) in [4.78, 5) is 4.50. The van der Waals surface area contributed by atoms with Crippen LogP contribution in [0.25, 0.3) is 11.0 Å². The maximum absolute atomic E-state index is 6.10. The lowest BCUT2D eigenvalue weighted by Crippen LogP contribution is -2.09. The number of nitrogens with zero attached hydrogens (tertiary/aromatic N) is 2. The highest BCUT2D eigenvalue weighted by Gasteiger charge is 2.13. The molecule has 0 bridgehead atoms. The Morgan fingerprint density at radius 2 is 1.85 bits per heavy atom. The van der Waals surface area contributed by atoms with E-state index in [1.165, 1.54) is 11.1 Å². The zero-order valence-electron chi connectivity index (χ0n) is 11.9. The van der Waals surface area contributed by atoms with E-state index in [1.54, 1.807) is 0 Å². The first-order valence-electron chi connectivity index (χ1n) is 6.93. The Kier molecular flexibility index (Phi) is 3.18. The summed E-state index contributed by atoms with van der Waals surface area (Å²) >= 11 is 0. The first kappa shape index (κ1) is 12.7. The molecule has 0 aliphatic rings. The Morgan fingerprint density at radius 1 is 1.10 bits per heavy atom. The van der Waals surface area contributed by atoms with Crippen molar-refractivity contribution in [3.8, 4) is 0 Å². The van der Waals surface area contributed by atoms with E-state index in [1.807, 2.05) is 6.07 Å². The highest BCUT2D eigenvalue weighted by Crippen LogP contribution is 2.25. The Balaban J connectivity index is 1.99. The standard InChI is InChI=1S/C17H19N3/c1-12-7-6-10-15-16(12)19-17(18)20(15)11-13(2)14-8-4-3-5-9-14/h3-10,13H,11H2,1-2H3,(H2,18,19). The lowest BCUT2D eigenvalue weighted by atomic mass is 10.0. The van der Waals surface area contributed by atoms with Crippen LogP contribution >= 0.6 is 0 Å². The molecule has 1 atom stereocenters. The first-order chi connectivity index (χ1) is 9.66. The van der Waals surface area contributed by atoms with Gasteiger partial charge in [0.1, 0.15) is 0 Å². The number of para-hydroxylation sites is 1. The lowest BCUT2D eigenvalue weighted by molar-refractivity contribution is 0.617. The maximum atomic E-state index is 6.10. The second kappa shape index (κ2) is 5.00. The predicted molar refractivity (Wildman–Crippen MR) is 83.7 cm³/mol. The van der Waals surface area contributed by atoms with Crippen molar-refractivity contribution in [1.29, 1.82) is 0 Å². The summed E-state index contributed by atoms with van der Waals surface area (Å²) in [5.41, 5.74) is 10.7. The number of hydrogen-bond acceptors (Lipinski definition) is 2. The fourth-order valence-corrected chi connectivity index (χ4v) is 2.66. The summed E-state index contributed by atoms with van der Waals surface area (Å²) in [7, 11) is 0. The zero-order valence-corrected chi connectivity index (χ0v) is 11.9. The molecule has 2 N–H and O–H groups in total. The van der Waals surface area contributed by atoms with E-state index in [-0.39, 0.29) is 0 Å². The molecule has 0 aliphatic heterocycles. The van der Waals surface area contributed by atoms with Crippen molar-refractivity contribution < 1.29 is 0 Å². The van der Waals surface area contributed by atoms with Gasteiger partial charge in [-0.3, -0.25) is 0 Å². The quantitative estimate of drug-likeness (QED) is 0.784. The molecule has 3 rings (SSSR count). The zero-order chi connectivity index (χ0) is 14.1. The topological polar surface area (TPSA) is 43.8 Å². The van der Waals surface area contributed by atoms with Gasteiger partial charge in [0.2, 0.25) is 5.95 Å². The number of hydrogen-bond donors (Lipinski definition) is 1. The summed E-state index contributed by atoms with van der Waals surface area (Å²) in [6, 6.07) is 16.7. The van der Waals surface area contributed by atoms with E-state index in [4.69, 9.17) is 5.73 Å². The van der Waals surface area contributed by atoms with Gasteiger partial charge in [-0.1, -0.05) is 49.4 Å². The minimum Gasteiger partial charge on any atom is -0.369 e. The molecule has 2 aromatic carbocycles. The molecule has 0 spiro atoms. The number of benzene rings is 2. The van der Waals surface area contributed by atoms with Crippen LogP contribution in [-0.2, 0) is 6.54 Å². The predicted octanol–water partition coefficient (Wildman–Crippen LogP) is 3.73.